The summed E-state index contributed by atoms with van der Waals surface area (Å²) in [4.78, 5) is 27.1. The highest BCUT2D eigenvalue weighted by Gasteiger charge is 2.21. The third-order valence-electron chi connectivity index (χ3n) is 6.96. The Bertz CT molecular complexity index is 1190. The molecule has 0 bridgehead atoms. The van der Waals surface area contributed by atoms with Gasteiger partial charge in [0, 0.05) is 30.4 Å². The zero-order valence-corrected chi connectivity index (χ0v) is 21.7. The van der Waals surface area contributed by atoms with E-state index in [0.717, 1.165) is 36.3 Å². The Hall–Kier alpha value is -3.05. The molecule has 0 radical (unpaired) electrons. The summed E-state index contributed by atoms with van der Waals surface area (Å²) < 4.78 is 0. The predicted octanol–water partition coefficient (Wildman–Crippen LogP) is 6.84. The number of fused-ring (bicyclic) bond motifs is 1. The Kier molecular flexibility index (Phi) is 8.29. The number of nitrogens with one attached hydrogen (secondary N) is 1. The summed E-state index contributed by atoms with van der Waals surface area (Å²) in [6, 6.07) is 22.3. The largest absolute Gasteiger partial charge is 0.322 e. The summed E-state index contributed by atoms with van der Waals surface area (Å²) in [5.41, 5.74) is 6.95. The van der Waals surface area contributed by atoms with Gasteiger partial charge < -0.3 is 10.2 Å². The Labute approximate surface area is 213 Å². The van der Waals surface area contributed by atoms with Gasteiger partial charge in [-0.2, -0.15) is 11.8 Å². The molecule has 2 amide bonds. The molecule has 3 aromatic carbocycles. The van der Waals surface area contributed by atoms with Crippen molar-refractivity contribution in [3.05, 3.63) is 83.4 Å². The van der Waals surface area contributed by atoms with Crippen molar-refractivity contribution in [1.82, 2.24) is 0 Å². The zero-order valence-electron chi connectivity index (χ0n) is 20.8. The average Bonchev–Trinajstić information content (AvgIpc) is 2.89. The van der Waals surface area contributed by atoms with Gasteiger partial charge in [0.15, 0.2) is 0 Å². The van der Waals surface area contributed by atoms with Gasteiger partial charge >= 0.3 is 0 Å². The van der Waals surface area contributed by atoms with Crippen LogP contribution in [0.5, 0.6) is 0 Å². The number of aryl methyl sites for hydroxylation is 1. The second kappa shape index (κ2) is 11.6. The molecule has 0 aliphatic carbocycles. The first-order valence-corrected chi connectivity index (χ1v) is 13.8. The van der Waals surface area contributed by atoms with Crippen LogP contribution in [-0.2, 0) is 17.6 Å². The smallest absolute Gasteiger partial charge is 0.255 e. The van der Waals surface area contributed by atoms with E-state index in [1.807, 2.05) is 42.1 Å². The van der Waals surface area contributed by atoms with Crippen LogP contribution >= 0.6 is 11.8 Å². The first kappa shape index (κ1) is 25.1. The lowest BCUT2D eigenvalue weighted by Gasteiger charge is -2.26. The van der Waals surface area contributed by atoms with E-state index in [1.54, 1.807) is 11.9 Å². The summed E-state index contributed by atoms with van der Waals surface area (Å²) in [6.07, 6.45) is 6.67. The van der Waals surface area contributed by atoms with Crippen LogP contribution in [0.2, 0.25) is 0 Å². The second-order valence-electron chi connectivity index (χ2n) is 9.25. The Morgan fingerprint density at radius 2 is 1.86 bits per heavy atom. The highest BCUT2D eigenvalue weighted by molar-refractivity contribution is 7.98. The van der Waals surface area contributed by atoms with Gasteiger partial charge in [-0.15, -0.1) is 0 Å². The number of nitrogens with zero attached hydrogens (tertiary/aromatic N) is 1. The summed E-state index contributed by atoms with van der Waals surface area (Å²) in [6.45, 7) is 2.25. The molecule has 0 fully saturated rings. The lowest BCUT2D eigenvalue weighted by molar-refractivity contribution is -0.118. The molecular formula is C30H34N2O2S. The number of benzene rings is 3. The predicted molar refractivity (Wildman–Crippen MR) is 148 cm³/mol. The van der Waals surface area contributed by atoms with E-state index in [4.69, 9.17) is 0 Å². The number of rotatable bonds is 9. The molecule has 182 valence electrons. The number of thioether (sulfide) groups is 1. The topological polar surface area (TPSA) is 49.4 Å². The molecule has 1 aliphatic rings. The van der Waals surface area contributed by atoms with E-state index in [-0.39, 0.29) is 11.8 Å². The standard InChI is InChI=1S/C30H34N2O2S/c1-4-21(16-17-35-3)18-25-19-24(11-14-27(25)22-8-6-5-7-9-22)30(34)31-26-13-10-23-12-15-29(33)32(2)28(23)20-26/h5-11,13-14,19-21H,4,12,15-18H2,1-3H3,(H,31,34). The molecule has 0 spiro atoms. The van der Waals surface area contributed by atoms with Gasteiger partial charge in [0.1, 0.15) is 0 Å². The van der Waals surface area contributed by atoms with Crippen LogP contribution in [0.3, 0.4) is 0 Å². The zero-order chi connectivity index (χ0) is 24.8. The molecule has 0 saturated carbocycles. The van der Waals surface area contributed by atoms with E-state index >= 15 is 0 Å². The molecule has 1 heterocycles. The fraction of sp³-hybridized carbons (Fsp3) is 0.333. The Morgan fingerprint density at radius 3 is 2.60 bits per heavy atom. The molecule has 1 aliphatic heterocycles. The Balaban J connectivity index is 1.61. The van der Waals surface area contributed by atoms with E-state index in [0.29, 0.717) is 23.6 Å². The monoisotopic (exact) mass is 486 g/mol. The summed E-state index contributed by atoms with van der Waals surface area (Å²) in [5.74, 6) is 1.70. The maximum absolute atomic E-state index is 13.3. The van der Waals surface area contributed by atoms with Crippen LogP contribution < -0.4 is 10.2 Å². The molecule has 35 heavy (non-hydrogen) atoms. The van der Waals surface area contributed by atoms with Crippen LogP contribution in [0.25, 0.3) is 11.1 Å². The molecule has 0 aromatic heterocycles. The molecule has 5 heteroatoms. The first-order valence-electron chi connectivity index (χ1n) is 12.4. The molecule has 4 rings (SSSR count). The minimum absolute atomic E-state index is 0.106. The number of amides is 2. The number of anilines is 2. The number of hydrogen-bond acceptors (Lipinski definition) is 3. The molecule has 1 atom stereocenters. The van der Waals surface area contributed by atoms with Crippen LogP contribution in [0, 0.1) is 5.92 Å². The maximum atomic E-state index is 13.3. The van der Waals surface area contributed by atoms with E-state index in [2.05, 4.69) is 54.9 Å². The highest BCUT2D eigenvalue weighted by atomic mass is 32.2. The molecule has 1 N–H and O–H groups in total. The third-order valence-corrected chi connectivity index (χ3v) is 7.60. The van der Waals surface area contributed by atoms with Crippen molar-refractivity contribution >= 4 is 35.0 Å². The fourth-order valence-corrected chi connectivity index (χ4v) is 5.33. The van der Waals surface area contributed by atoms with E-state index in [9.17, 15) is 9.59 Å². The lowest BCUT2D eigenvalue weighted by Crippen LogP contribution is -2.31. The van der Waals surface area contributed by atoms with Gasteiger partial charge in [-0.1, -0.05) is 55.8 Å². The van der Waals surface area contributed by atoms with Gasteiger partial charge in [-0.25, -0.2) is 0 Å². The van der Waals surface area contributed by atoms with Crippen LogP contribution in [0.1, 0.15) is 47.7 Å². The molecule has 4 nitrogen and oxygen atoms in total. The van der Waals surface area contributed by atoms with E-state index in [1.165, 1.54) is 23.1 Å². The van der Waals surface area contributed by atoms with Gasteiger partial charge in [-0.05, 0) is 83.7 Å². The third kappa shape index (κ3) is 5.96. The molecule has 1 unspecified atom stereocenters. The van der Waals surface area contributed by atoms with Crippen molar-refractivity contribution in [3.63, 3.8) is 0 Å². The normalized spacial score (nSPS) is 13.9. The SMILES string of the molecule is CCC(CCSC)Cc1cc(C(=O)Nc2ccc3c(c2)N(C)C(=O)CC3)ccc1-c1ccccc1. The van der Waals surface area contributed by atoms with Crippen molar-refractivity contribution in [2.24, 2.45) is 5.92 Å². The van der Waals surface area contributed by atoms with Crippen LogP contribution in [-0.4, -0.2) is 30.9 Å². The number of hydrogen-bond donors (Lipinski definition) is 1. The first-order chi connectivity index (χ1) is 17.0. The average molecular weight is 487 g/mol. The van der Waals surface area contributed by atoms with Gasteiger partial charge in [-0.3, -0.25) is 9.59 Å². The molecule has 3 aromatic rings. The van der Waals surface area contributed by atoms with Crippen LogP contribution in [0.15, 0.2) is 66.7 Å². The number of carbonyl (C=O) groups excluding carboxylic acids is 2. The van der Waals surface area contributed by atoms with Crippen molar-refractivity contribution in [2.45, 2.75) is 39.0 Å². The van der Waals surface area contributed by atoms with Crippen molar-refractivity contribution < 1.29 is 9.59 Å². The van der Waals surface area contributed by atoms with Crippen molar-refractivity contribution in [1.29, 1.82) is 0 Å². The molecular weight excluding hydrogens is 452 g/mol. The van der Waals surface area contributed by atoms with Gasteiger partial charge in [0.25, 0.3) is 5.91 Å². The quantitative estimate of drug-likeness (QED) is 0.360. The minimum Gasteiger partial charge on any atom is -0.322 e. The lowest BCUT2D eigenvalue weighted by atomic mass is 9.88. The number of carbonyl (C=O) groups is 2. The van der Waals surface area contributed by atoms with Gasteiger partial charge in [0.05, 0.1) is 0 Å². The second-order valence-corrected chi connectivity index (χ2v) is 10.2. The van der Waals surface area contributed by atoms with Crippen LogP contribution in [0.4, 0.5) is 11.4 Å². The fourth-order valence-electron chi connectivity index (χ4n) is 4.76. The summed E-state index contributed by atoms with van der Waals surface area (Å²) in [5, 5.41) is 3.05. The van der Waals surface area contributed by atoms with E-state index < -0.39 is 0 Å². The highest BCUT2D eigenvalue weighted by Crippen LogP contribution is 2.31. The Morgan fingerprint density at radius 1 is 1.06 bits per heavy atom. The summed E-state index contributed by atoms with van der Waals surface area (Å²) in [7, 11) is 1.79. The van der Waals surface area contributed by atoms with Gasteiger partial charge in [0.2, 0.25) is 5.91 Å². The minimum atomic E-state index is -0.132. The van der Waals surface area contributed by atoms with Crippen molar-refractivity contribution in [3.8, 4) is 11.1 Å². The summed E-state index contributed by atoms with van der Waals surface area (Å²) >= 11 is 1.89. The maximum Gasteiger partial charge on any atom is 0.255 e. The van der Waals surface area contributed by atoms with Crippen molar-refractivity contribution in [2.75, 3.05) is 29.3 Å². The molecule has 0 saturated heterocycles.